The van der Waals surface area contributed by atoms with Crippen LogP contribution in [0.4, 0.5) is 5.69 Å². The molecule has 1 amide bonds. The maximum absolute atomic E-state index is 12.6. The number of hydrogen-bond acceptors (Lipinski definition) is 4. The van der Waals surface area contributed by atoms with E-state index < -0.39 is 10.0 Å². The number of hydrogen-bond donors (Lipinski definition) is 3. The molecule has 6 nitrogen and oxygen atoms in total. The summed E-state index contributed by atoms with van der Waals surface area (Å²) in [7, 11) is -3.63. The van der Waals surface area contributed by atoms with E-state index in [4.69, 9.17) is 11.6 Å². The van der Waals surface area contributed by atoms with Gasteiger partial charge in [0.15, 0.2) is 0 Å². The maximum Gasteiger partial charge on any atom is 0.241 e. The second-order valence-corrected chi connectivity index (χ2v) is 9.18. The third-order valence-corrected chi connectivity index (χ3v) is 6.90. The number of hydrazine groups is 1. The third-order valence-electron chi connectivity index (χ3n) is 4.98. The second-order valence-electron chi connectivity index (χ2n) is 7.06. The predicted molar refractivity (Wildman–Crippen MR) is 110 cm³/mol. The number of aryl methyl sites for hydroxylation is 1. The molecule has 2 aromatic rings. The molecule has 0 heterocycles. The van der Waals surface area contributed by atoms with Crippen molar-refractivity contribution < 1.29 is 13.2 Å². The zero-order chi connectivity index (χ0) is 20.1. The number of nitrogens with one attached hydrogen (secondary N) is 3. The minimum absolute atomic E-state index is 0.0736. The summed E-state index contributed by atoms with van der Waals surface area (Å²) in [6.45, 7) is 1.82. The minimum atomic E-state index is -3.63. The Morgan fingerprint density at radius 3 is 2.36 bits per heavy atom. The van der Waals surface area contributed by atoms with E-state index in [-0.39, 0.29) is 22.8 Å². The largest absolute Gasteiger partial charge is 0.299 e. The van der Waals surface area contributed by atoms with E-state index in [9.17, 15) is 13.2 Å². The summed E-state index contributed by atoms with van der Waals surface area (Å²) < 4.78 is 27.9. The molecule has 0 spiro atoms. The van der Waals surface area contributed by atoms with Gasteiger partial charge in [0.2, 0.25) is 15.9 Å². The monoisotopic (exact) mass is 421 g/mol. The lowest BCUT2D eigenvalue weighted by molar-refractivity contribution is -0.125. The van der Waals surface area contributed by atoms with Gasteiger partial charge in [-0.05, 0) is 62.4 Å². The molecular weight excluding hydrogens is 398 g/mol. The fourth-order valence-corrected chi connectivity index (χ4v) is 4.84. The van der Waals surface area contributed by atoms with Gasteiger partial charge >= 0.3 is 0 Å². The van der Waals surface area contributed by atoms with Crippen molar-refractivity contribution in [3.63, 3.8) is 0 Å². The van der Waals surface area contributed by atoms with Crippen molar-refractivity contribution in [1.29, 1.82) is 0 Å². The van der Waals surface area contributed by atoms with E-state index in [0.29, 0.717) is 30.7 Å². The highest BCUT2D eigenvalue weighted by Gasteiger charge is 2.29. The lowest BCUT2D eigenvalue weighted by Gasteiger charge is -2.28. The van der Waals surface area contributed by atoms with E-state index in [0.717, 1.165) is 11.3 Å². The molecule has 2 aromatic carbocycles. The van der Waals surface area contributed by atoms with Crippen LogP contribution in [0, 0.1) is 12.8 Å². The third kappa shape index (κ3) is 5.25. The van der Waals surface area contributed by atoms with Crippen LogP contribution in [0.3, 0.4) is 0 Å². The molecule has 0 saturated heterocycles. The van der Waals surface area contributed by atoms with Crippen molar-refractivity contribution in [3.05, 3.63) is 59.1 Å². The number of para-hydroxylation sites is 1. The summed E-state index contributed by atoms with van der Waals surface area (Å²) in [4.78, 5) is 12.5. The van der Waals surface area contributed by atoms with E-state index in [1.165, 1.54) is 6.07 Å². The Hall–Kier alpha value is -2.09. The van der Waals surface area contributed by atoms with Crippen molar-refractivity contribution in [2.45, 2.75) is 43.5 Å². The van der Waals surface area contributed by atoms with Crippen LogP contribution in [0.2, 0.25) is 5.02 Å². The van der Waals surface area contributed by atoms with Crippen molar-refractivity contribution in [3.8, 4) is 0 Å². The standard InChI is InChI=1S/C20H24ClN3O3S/c1-14-7-12-18(13-19(14)21)28(26,27)24-17-10-8-15(9-11-17)20(25)23-22-16-5-3-2-4-6-16/h2-7,12-13,15,17,22,24H,8-11H2,1H3,(H,23,25)/t15-,17-. The molecule has 0 bridgehead atoms. The highest BCUT2D eigenvalue weighted by molar-refractivity contribution is 7.89. The van der Waals surface area contributed by atoms with Crippen LogP contribution in [-0.2, 0) is 14.8 Å². The normalized spacial score (nSPS) is 19.8. The van der Waals surface area contributed by atoms with Gasteiger partial charge in [-0.25, -0.2) is 13.1 Å². The second kappa shape index (κ2) is 8.94. The number of carbonyl (C=O) groups is 1. The minimum Gasteiger partial charge on any atom is -0.299 e. The Morgan fingerprint density at radius 1 is 1.04 bits per heavy atom. The Balaban J connectivity index is 1.50. The molecule has 1 saturated carbocycles. The molecule has 3 rings (SSSR count). The first-order valence-corrected chi connectivity index (χ1v) is 11.1. The molecule has 0 atom stereocenters. The molecule has 150 valence electrons. The van der Waals surface area contributed by atoms with Crippen molar-refractivity contribution >= 4 is 33.2 Å². The van der Waals surface area contributed by atoms with Gasteiger partial charge in [0.1, 0.15) is 0 Å². The summed E-state index contributed by atoms with van der Waals surface area (Å²) in [6, 6.07) is 13.9. The average molecular weight is 422 g/mol. The molecule has 1 aliphatic carbocycles. The molecule has 3 N–H and O–H groups in total. The first kappa shape index (κ1) is 20.6. The molecule has 1 aliphatic rings. The van der Waals surface area contributed by atoms with Crippen LogP contribution >= 0.6 is 11.6 Å². The number of amides is 1. The van der Waals surface area contributed by atoms with Crippen LogP contribution in [-0.4, -0.2) is 20.4 Å². The fourth-order valence-electron chi connectivity index (χ4n) is 3.26. The Bertz CT molecular complexity index is 927. The van der Waals surface area contributed by atoms with E-state index >= 15 is 0 Å². The smallest absolute Gasteiger partial charge is 0.241 e. The molecular formula is C20H24ClN3O3S. The Morgan fingerprint density at radius 2 is 1.71 bits per heavy atom. The molecule has 0 aliphatic heterocycles. The number of halogens is 1. The Kier molecular flexibility index (Phi) is 6.59. The van der Waals surface area contributed by atoms with Gasteiger partial charge in [0, 0.05) is 17.0 Å². The SMILES string of the molecule is Cc1ccc(S(=O)(=O)N[C@H]2CC[C@H](C(=O)NNc3ccccc3)CC2)cc1Cl. The summed E-state index contributed by atoms with van der Waals surface area (Å²) >= 11 is 6.05. The lowest BCUT2D eigenvalue weighted by Crippen LogP contribution is -2.42. The van der Waals surface area contributed by atoms with E-state index in [1.54, 1.807) is 12.1 Å². The summed E-state index contributed by atoms with van der Waals surface area (Å²) in [5.74, 6) is -0.207. The van der Waals surface area contributed by atoms with Crippen LogP contribution < -0.4 is 15.6 Å². The average Bonchev–Trinajstić information content (AvgIpc) is 2.69. The number of anilines is 1. The predicted octanol–water partition coefficient (Wildman–Crippen LogP) is 3.63. The number of benzene rings is 2. The van der Waals surface area contributed by atoms with Gasteiger partial charge < -0.3 is 0 Å². The lowest BCUT2D eigenvalue weighted by atomic mass is 9.86. The highest BCUT2D eigenvalue weighted by atomic mass is 35.5. The first-order valence-electron chi connectivity index (χ1n) is 9.24. The number of sulfonamides is 1. The summed E-state index contributed by atoms with van der Waals surface area (Å²) in [6.07, 6.45) is 2.48. The molecule has 8 heteroatoms. The number of carbonyl (C=O) groups excluding carboxylic acids is 1. The van der Waals surface area contributed by atoms with Crippen LogP contribution in [0.25, 0.3) is 0 Å². The maximum atomic E-state index is 12.6. The van der Waals surface area contributed by atoms with Gasteiger partial charge in [-0.3, -0.25) is 15.6 Å². The summed E-state index contributed by atoms with van der Waals surface area (Å²) in [5.41, 5.74) is 7.27. The van der Waals surface area contributed by atoms with E-state index in [1.807, 2.05) is 37.3 Å². The molecule has 0 unspecified atom stereocenters. The zero-order valence-corrected chi connectivity index (χ0v) is 17.2. The summed E-state index contributed by atoms with van der Waals surface area (Å²) in [5, 5.41) is 0.425. The number of rotatable bonds is 6. The molecule has 1 fully saturated rings. The van der Waals surface area contributed by atoms with Crippen molar-refractivity contribution in [2.75, 3.05) is 5.43 Å². The van der Waals surface area contributed by atoms with Crippen molar-refractivity contribution in [2.24, 2.45) is 5.92 Å². The van der Waals surface area contributed by atoms with Gasteiger partial charge in [-0.1, -0.05) is 35.9 Å². The zero-order valence-electron chi connectivity index (χ0n) is 15.6. The quantitative estimate of drug-likeness (QED) is 0.621. The van der Waals surface area contributed by atoms with Gasteiger partial charge in [0.05, 0.1) is 10.6 Å². The molecule has 28 heavy (non-hydrogen) atoms. The van der Waals surface area contributed by atoms with Gasteiger partial charge in [-0.15, -0.1) is 0 Å². The fraction of sp³-hybridized carbons (Fsp3) is 0.350. The topological polar surface area (TPSA) is 87.3 Å². The van der Waals surface area contributed by atoms with Crippen LogP contribution in [0.15, 0.2) is 53.4 Å². The Labute approximate surface area is 170 Å². The van der Waals surface area contributed by atoms with Gasteiger partial charge in [-0.2, -0.15) is 0 Å². The van der Waals surface area contributed by atoms with Crippen LogP contribution in [0.1, 0.15) is 31.2 Å². The van der Waals surface area contributed by atoms with E-state index in [2.05, 4.69) is 15.6 Å². The highest BCUT2D eigenvalue weighted by Crippen LogP contribution is 2.26. The van der Waals surface area contributed by atoms with Gasteiger partial charge in [0.25, 0.3) is 0 Å². The molecule has 0 aromatic heterocycles. The first-order chi connectivity index (χ1) is 13.3. The molecule has 0 radical (unpaired) electrons. The van der Waals surface area contributed by atoms with Crippen molar-refractivity contribution in [1.82, 2.24) is 10.1 Å². The van der Waals surface area contributed by atoms with Crippen LogP contribution in [0.5, 0.6) is 0 Å².